The summed E-state index contributed by atoms with van der Waals surface area (Å²) in [5, 5.41) is 2.61. The first-order valence-electron chi connectivity index (χ1n) is 6.00. The van der Waals surface area contributed by atoms with E-state index >= 15 is 0 Å². The Bertz CT molecular complexity index is 714. The molecular weight excluding hydrogens is 284 g/mol. The normalized spacial score (nSPS) is 10.8. The van der Waals surface area contributed by atoms with Crippen LogP contribution in [0.25, 0.3) is 21.9 Å². The average Bonchev–Trinajstić information content (AvgIpc) is 2.38. The fraction of sp³-hybridized carbons (Fsp3) is 0.0588. The van der Waals surface area contributed by atoms with Crippen LogP contribution in [0.5, 0.6) is 0 Å². The number of hydrogen-bond acceptors (Lipinski definition) is 0. The van der Waals surface area contributed by atoms with Crippen LogP contribution in [0.4, 0.5) is 0 Å². The molecule has 0 spiro atoms. The Kier molecular flexibility index (Phi) is 2.92. The van der Waals surface area contributed by atoms with Gasteiger partial charge in [0.05, 0.1) is 0 Å². The second kappa shape index (κ2) is 4.58. The van der Waals surface area contributed by atoms with Crippen LogP contribution in [-0.4, -0.2) is 0 Å². The Morgan fingerprint density at radius 2 is 1.67 bits per heavy atom. The van der Waals surface area contributed by atoms with Crippen molar-refractivity contribution in [3.63, 3.8) is 0 Å². The molecule has 88 valence electrons. The molecule has 0 nitrogen and oxygen atoms in total. The van der Waals surface area contributed by atoms with E-state index in [1.54, 1.807) is 0 Å². The molecule has 0 heterocycles. The van der Waals surface area contributed by atoms with Gasteiger partial charge in [0.1, 0.15) is 0 Å². The van der Waals surface area contributed by atoms with E-state index in [1.165, 1.54) is 27.5 Å². The first-order valence-corrected chi connectivity index (χ1v) is 6.79. The number of hydrogen-bond donors (Lipinski definition) is 0. The molecular formula is C17H13Br. The van der Waals surface area contributed by atoms with Crippen molar-refractivity contribution in [3.05, 3.63) is 70.7 Å². The molecule has 18 heavy (non-hydrogen) atoms. The number of aryl methyl sites for hydroxylation is 1. The molecule has 0 aliphatic carbocycles. The van der Waals surface area contributed by atoms with Gasteiger partial charge in [-0.2, -0.15) is 0 Å². The van der Waals surface area contributed by atoms with Crippen molar-refractivity contribution in [2.24, 2.45) is 0 Å². The summed E-state index contributed by atoms with van der Waals surface area (Å²) in [6.07, 6.45) is 0. The zero-order chi connectivity index (χ0) is 12.5. The Morgan fingerprint density at radius 1 is 0.833 bits per heavy atom. The van der Waals surface area contributed by atoms with Crippen molar-refractivity contribution in [3.8, 4) is 11.1 Å². The van der Waals surface area contributed by atoms with Gasteiger partial charge in [-0.3, -0.25) is 0 Å². The monoisotopic (exact) mass is 296 g/mol. The number of benzene rings is 3. The number of fused-ring (bicyclic) bond motifs is 1. The van der Waals surface area contributed by atoms with Crippen LogP contribution in [0.3, 0.4) is 0 Å². The zero-order valence-electron chi connectivity index (χ0n) is 10.2. The van der Waals surface area contributed by atoms with Crippen molar-refractivity contribution in [2.75, 3.05) is 0 Å². The second-order valence-electron chi connectivity index (χ2n) is 4.49. The summed E-state index contributed by atoms with van der Waals surface area (Å²) in [6, 6.07) is 21.4. The van der Waals surface area contributed by atoms with Crippen molar-refractivity contribution < 1.29 is 0 Å². The third-order valence-corrected chi connectivity index (χ3v) is 3.74. The minimum atomic E-state index is 1.12. The van der Waals surface area contributed by atoms with Gasteiger partial charge in [0.2, 0.25) is 0 Å². The van der Waals surface area contributed by atoms with E-state index in [9.17, 15) is 0 Å². The molecule has 0 amide bonds. The Morgan fingerprint density at radius 3 is 2.50 bits per heavy atom. The summed E-state index contributed by atoms with van der Waals surface area (Å²) in [7, 11) is 0. The lowest BCUT2D eigenvalue weighted by molar-refractivity contribution is 1.48. The van der Waals surface area contributed by atoms with Crippen molar-refractivity contribution in [2.45, 2.75) is 6.92 Å². The van der Waals surface area contributed by atoms with E-state index in [2.05, 4.69) is 83.5 Å². The van der Waals surface area contributed by atoms with Gasteiger partial charge in [0.25, 0.3) is 0 Å². The molecule has 0 atom stereocenters. The topological polar surface area (TPSA) is 0 Å². The molecule has 0 N–H and O–H groups in total. The lowest BCUT2D eigenvalue weighted by Crippen LogP contribution is -1.86. The summed E-state index contributed by atoms with van der Waals surface area (Å²) in [4.78, 5) is 0. The summed E-state index contributed by atoms with van der Waals surface area (Å²) >= 11 is 3.55. The lowest BCUT2D eigenvalue weighted by Gasteiger charge is -2.11. The third kappa shape index (κ3) is 1.95. The van der Waals surface area contributed by atoms with Crippen LogP contribution < -0.4 is 0 Å². The predicted octanol–water partition coefficient (Wildman–Crippen LogP) is 5.58. The fourth-order valence-electron chi connectivity index (χ4n) is 2.41. The first kappa shape index (κ1) is 11.5. The molecule has 0 aliphatic rings. The summed E-state index contributed by atoms with van der Waals surface area (Å²) in [5.74, 6) is 0. The number of halogens is 1. The van der Waals surface area contributed by atoms with Gasteiger partial charge < -0.3 is 0 Å². The van der Waals surface area contributed by atoms with Crippen LogP contribution in [0, 0.1) is 6.92 Å². The molecule has 3 rings (SSSR count). The standard InChI is InChI=1S/C17H13Br/c1-12-9-10-13-5-2-3-8-16(13)17(12)14-6-4-7-15(18)11-14/h2-11H,1H3. The first-order chi connectivity index (χ1) is 8.75. The maximum Gasteiger partial charge on any atom is 0.0181 e. The lowest BCUT2D eigenvalue weighted by atomic mass is 9.94. The van der Waals surface area contributed by atoms with Crippen LogP contribution in [-0.2, 0) is 0 Å². The highest BCUT2D eigenvalue weighted by Gasteiger charge is 2.07. The minimum absolute atomic E-state index is 1.12. The molecule has 0 unspecified atom stereocenters. The number of rotatable bonds is 1. The average molecular weight is 297 g/mol. The molecule has 1 heteroatoms. The Hall–Kier alpha value is -1.60. The highest BCUT2D eigenvalue weighted by molar-refractivity contribution is 9.10. The SMILES string of the molecule is Cc1ccc2ccccc2c1-c1cccc(Br)c1. The third-order valence-electron chi connectivity index (χ3n) is 3.25. The molecule has 0 bridgehead atoms. The Labute approximate surface area is 115 Å². The fourth-order valence-corrected chi connectivity index (χ4v) is 2.81. The maximum absolute atomic E-state index is 3.55. The quantitative estimate of drug-likeness (QED) is 0.550. The van der Waals surface area contributed by atoms with Gasteiger partial charge in [-0.1, -0.05) is 64.5 Å². The minimum Gasteiger partial charge on any atom is -0.0616 e. The molecule has 0 saturated carbocycles. The Balaban J connectivity index is 2.37. The van der Waals surface area contributed by atoms with E-state index in [0.29, 0.717) is 0 Å². The summed E-state index contributed by atoms with van der Waals surface area (Å²) in [5.41, 5.74) is 3.90. The van der Waals surface area contributed by atoms with Crippen molar-refractivity contribution in [1.82, 2.24) is 0 Å². The van der Waals surface area contributed by atoms with Crippen molar-refractivity contribution in [1.29, 1.82) is 0 Å². The van der Waals surface area contributed by atoms with Gasteiger partial charge in [-0.15, -0.1) is 0 Å². The second-order valence-corrected chi connectivity index (χ2v) is 5.40. The zero-order valence-corrected chi connectivity index (χ0v) is 11.7. The van der Waals surface area contributed by atoms with Gasteiger partial charge in [0.15, 0.2) is 0 Å². The smallest absolute Gasteiger partial charge is 0.0181 e. The largest absolute Gasteiger partial charge is 0.0616 e. The van der Waals surface area contributed by atoms with E-state index in [0.717, 1.165) is 4.47 Å². The highest BCUT2D eigenvalue weighted by Crippen LogP contribution is 2.32. The molecule has 0 saturated heterocycles. The molecule has 0 aliphatic heterocycles. The molecule has 0 radical (unpaired) electrons. The summed E-state index contributed by atoms with van der Waals surface area (Å²) < 4.78 is 1.12. The van der Waals surface area contributed by atoms with Crippen LogP contribution in [0.1, 0.15) is 5.56 Å². The molecule has 3 aromatic carbocycles. The van der Waals surface area contributed by atoms with Crippen LogP contribution in [0.2, 0.25) is 0 Å². The van der Waals surface area contributed by atoms with Crippen LogP contribution in [0.15, 0.2) is 65.1 Å². The van der Waals surface area contributed by atoms with E-state index in [1.807, 2.05) is 0 Å². The van der Waals surface area contributed by atoms with Gasteiger partial charge in [-0.05, 0) is 46.5 Å². The molecule has 3 aromatic rings. The van der Waals surface area contributed by atoms with Gasteiger partial charge in [-0.25, -0.2) is 0 Å². The van der Waals surface area contributed by atoms with E-state index < -0.39 is 0 Å². The van der Waals surface area contributed by atoms with E-state index in [4.69, 9.17) is 0 Å². The molecule has 0 fully saturated rings. The van der Waals surface area contributed by atoms with Gasteiger partial charge >= 0.3 is 0 Å². The van der Waals surface area contributed by atoms with Crippen molar-refractivity contribution >= 4 is 26.7 Å². The van der Waals surface area contributed by atoms with Gasteiger partial charge in [0, 0.05) is 4.47 Å². The highest BCUT2D eigenvalue weighted by atomic mass is 79.9. The maximum atomic E-state index is 3.55. The van der Waals surface area contributed by atoms with E-state index in [-0.39, 0.29) is 0 Å². The van der Waals surface area contributed by atoms with Crippen LogP contribution >= 0.6 is 15.9 Å². The molecule has 0 aromatic heterocycles. The predicted molar refractivity (Wildman–Crippen MR) is 81.8 cm³/mol. The summed E-state index contributed by atoms with van der Waals surface area (Å²) in [6.45, 7) is 2.17.